The highest BCUT2D eigenvalue weighted by Crippen LogP contribution is 2.57. The number of fused-ring (bicyclic) bond motifs is 2. The monoisotopic (exact) mass is 371 g/mol. The third-order valence-electron chi connectivity index (χ3n) is 5.79. The number of aromatic hydroxyl groups is 1. The van der Waals surface area contributed by atoms with E-state index in [0.717, 1.165) is 41.8 Å². The molecule has 0 saturated carbocycles. The zero-order valence-electron chi connectivity index (χ0n) is 16.4. The first-order valence-electron chi connectivity index (χ1n) is 9.00. The largest absolute Gasteiger partial charge is 0.504 e. The summed E-state index contributed by atoms with van der Waals surface area (Å²) in [4.78, 5) is 2.35. The molecule has 2 aromatic carbocycles. The fraction of sp³-hybridized carbons (Fsp3) is 0.429. The topological polar surface area (TPSA) is 60.4 Å². The molecule has 1 N–H and O–H groups in total. The van der Waals surface area contributed by atoms with E-state index in [9.17, 15) is 5.11 Å². The summed E-state index contributed by atoms with van der Waals surface area (Å²) in [6.45, 7) is 0.931. The van der Waals surface area contributed by atoms with Gasteiger partial charge in [0, 0.05) is 23.7 Å². The highest BCUT2D eigenvalue weighted by Gasteiger charge is 2.39. The van der Waals surface area contributed by atoms with Crippen LogP contribution < -0.4 is 18.9 Å². The summed E-state index contributed by atoms with van der Waals surface area (Å²) in [5.41, 5.74) is 5.46. The van der Waals surface area contributed by atoms with Gasteiger partial charge in [-0.25, -0.2) is 0 Å². The van der Waals surface area contributed by atoms with Gasteiger partial charge < -0.3 is 24.1 Å². The molecule has 6 nitrogen and oxygen atoms in total. The Hall–Kier alpha value is -2.60. The normalized spacial score (nSPS) is 17.7. The molecular formula is C21H25NO5. The Balaban J connectivity index is 2.13. The number of nitrogens with zero attached hydrogens (tertiary/aromatic N) is 1. The van der Waals surface area contributed by atoms with Crippen molar-refractivity contribution in [1.29, 1.82) is 0 Å². The lowest BCUT2D eigenvalue weighted by molar-refractivity contribution is 0.222. The quantitative estimate of drug-likeness (QED) is 0.891. The Labute approximate surface area is 159 Å². The van der Waals surface area contributed by atoms with Gasteiger partial charge in [-0.3, -0.25) is 4.90 Å². The fourth-order valence-electron chi connectivity index (χ4n) is 4.54. The molecule has 1 aliphatic heterocycles. The van der Waals surface area contributed by atoms with E-state index in [4.69, 9.17) is 18.9 Å². The summed E-state index contributed by atoms with van der Waals surface area (Å²) < 4.78 is 22.6. The van der Waals surface area contributed by atoms with Crippen molar-refractivity contribution >= 4 is 0 Å². The Morgan fingerprint density at radius 3 is 2.30 bits per heavy atom. The van der Waals surface area contributed by atoms with Gasteiger partial charge in [0.05, 0.1) is 28.4 Å². The molecule has 0 saturated heterocycles. The molecule has 1 aliphatic carbocycles. The average molecular weight is 371 g/mol. The molecule has 27 heavy (non-hydrogen) atoms. The number of benzene rings is 2. The predicted molar refractivity (Wildman–Crippen MR) is 103 cm³/mol. The van der Waals surface area contributed by atoms with E-state index < -0.39 is 0 Å². The summed E-state index contributed by atoms with van der Waals surface area (Å²) in [7, 11) is 8.64. The molecule has 1 heterocycles. The summed E-state index contributed by atoms with van der Waals surface area (Å²) in [6, 6.07) is 3.88. The minimum atomic E-state index is 0.151. The molecule has 2 aliphatic rings. The van der Waals surface area contributed by atoms with Gasteiger partial charge in [0.25, 0.3) is 0 Å². The van der Waals surface area contributed by atoms with E-state index in [-0.39, 0.29) is 11.8 Å². The fourth-order valence-corrected chi connectivity index (χ4v) is 4.54. The minimum absolute atomic E-state index is 0.151. The molecule has 1 unspecified atom stereocenters. The molecule has 0 fully saturated rings. The summed E-state index contributed by atoms with van der Waals surface area (Å²) in [5, 5.41) is 10.3. The van der Waals surface area contributed by atoms with Crippen molar-refractivity contribution in [2.75, 3.05) is 42.0 Å². The second-order valence-electron chi connectivity index (χ2n) is 7.00. The maximum atomic E-state index is 10.3. The lowest BCUT2D eigenvalue weighted by atomic mass is 9.76. The van der Waals surface area contributed by atoms with E-state index >= 15 is 0 Å². The molecule has 6 heteroatoms. The van der Waals surface area contributed by atoms with Crippen molar-refractivity contribution in [2.24, 2.45) is 0 Å². The van der Waals surface area contributed by atoms with Crippen molar-refractivity contribution in [1.82, 2.24) is 4.90 Å². The Bertz CT molecular complexity index is 908. The van der Waals surface area contributed by atoms with Crippen LogP contribution in [0.3, 0.4) is 0 Å². The summed E-state index contributed by atoms with van der Waals surface area (Å²) in [5.74, 6) is 2.61. The van der Waals surface area contributed by atoms with Crippen LogP contribution >= 0.6 is 0 Å². The van der Waals surface area contributed by atoms with Crippen LogP contribution in [0.25, 0.3) is 11.1 Å². The van der Waals surface area contributed by atoms with Crippen LogP contribution in [-0.2, 0) is 12.8 Å². The van der Waals surface area contributed by atoms with Crippen LogP contribution in [-0.4, -0.2) is 52.0 Å². The number of hydrogen-bond donors (Lipinski definition) is 1. The van der Waals surface area contributed by atoms with Crippen molar-refractivity contribution in [3.05, 3.63) is 28.8 Å². The van der Waals surface area contributed by atoms with Crippen LogP contribution in [0.5, 0.6) is 28.7 Å². The van der Waals surface area contributed by atoms with E-state index in [2.05, 4.69) is 11.9 Å². The lowest BCUT2D eigenvalue weighted by Gasteiger charge is -2.41. The van der Waals surface area contributed by atoms with E-state index in [1.165, 1.54) is 11.1 Å². The molecule has 0 amide bonds. The van der Waals surface area contributed by atoms with Gasteiger partial charge >= 0.3 is 0 Å². The van der Waals surface area contributed by atoms with Gasteiger partial charge in [-0.1, -0.05) is 0 Å². The predicted octanol–water partition coefficient (Wildman–Crippen LogP) is 3.18. The van der Waals surface area contributed by atoms with E-state index in [0.29, 0.717) is 17.2 Å². The number of ether oxygens (including phenoxy) is 4. The third kappa shape index (κ3) is 2.43. The van der Waals surface area contributed by atoms with Crippen molar-refractivity contribution in [2.45, 2.75) is 18.9 Å². The van der Waals surface area contributed by atoms with E-state index in [1.54, 1.807) is 34.5 Å². The van der Waals surface area contributed by atoms with Crippen LogP contribution in [0, 0.1) is 0 Å². The molecule has 2 aromatic rings. The highest BCUT2D eigenvalue weighted by atomic mass is 16.5. The Kier molecular flexibility index (Phi) is 4.30. The molecule has 0 aromatic heterocycles. The number of rotatable bonds is 4. The van der Waals surface area contributed by atoms with Gasteiger partial charge in [-0.15, -0.1) is 0 Å². The van der Waals surface area contributed by atoms with E-state index in [1.807, 2.05) is 6.07 Å². The second kappa shape index (κ2) is 6.53. The number of phenolic OH excluding ortho intramolecular Hbond substituents is 1. The second-order valence-corrected chi connectivity index (χ2v) is 7.00. The first-order chi connectivity index (χ1) is 13.0. The van der Waals surface area contributed by atoms with Crippen LogP contribution in [0.2, 0.25) is 0 Å². The minimum Gasteiger partial charge on any atom is -0.504 e. The zero-order chi connectivity index (χ0) is 19.3. The maximum Gasteiger partial charge on any atom is 0.204 e. The summed E-state index contributed by atoms with van der Waals surface area (Å²) in [6.07, 6.45) is 1.69. The molecule has 4 rings (SSSR count). The number of likely N-dealkylation sites (N-methyl/N-ethyl adjacent to an activating group) is 1. The third-order valence-corrected chi connectivity index (χ3v) is 5.79. The molecule has 0 spiro atoms. The molecular weight excluding hydrogens is 346 g/mol. The smallest absolute Gasteiger partial charge is 0.204 e. The van der Waals surface area contributed by atoms with Crippen molar-refractivity contribution in [3.8, 4) is 39.9 Å². The molecule has 0 radical (unpaired) electrons. The zero-order valence-corrected chi connectivity index (χ0v) is 16.4. The van der Waals surface area contributed by atoms with Gasteiger partial charge in [0.2, 0.25) is 5.75 Å². The standard InChI is InChI=1S/C21H25NO5/c1-22-7-6-12-17-14(22)8-11-9-15(23)16(24-2)10-13(11)18(17)20(26-4)21(27-5)19(12)25-3/h9-10,14,23H,6-8H2,1-5H3. The van der Waals surface area contributed by atoms with Gasteiger partial charge in [0.15, 0.2) is 23.0 Å². The van der Waals surface area contributed by atoms with Crippen LogP contribution in [0.4, 0.5) is 0 Å². The van der Waals surface area contributed by atoms with Gasteiger partial charge in [0.1, 0.15) is 0 Å². The SMILES string of the molecule is COc1cc2c(cc1O)CC1c3c(c(OC)c(OC)c(OC)c3-2)CCN1C. The molecule has 1 atom stereocenters. The highest BCUT2D eigenvalue weighted by molar-refractivity contribution is 5.87. The Morgan fingerprint density at radius 2 is 1.67 bits per heavy atom. The number of methoxy groups -OCH3 is 4. The maximum absolute atomic E-state index is 10.3. The molecule has 0 bridgehead atoms. The van der Waals surface area contributed by atoms with Crippen molar-refractivity contribution in [3.63, 3.8) is 0 Å². The Morgan fingerprint density at radius 1 is 0.963 bits per heavy atom. The van der Waals surface area contributed by atoms with Gasteiger partial charge in [-0.05, 0) is 48.7 Å². The molecule has 144 valence electrons. The average Bonchev–Trinajstić information content (AvgIpc) is 2.68. The lowest BCUT2D eigenvalue weighted by Crippen LogP contribution is -2.36. The van der Waals surface area contributed by atoms with Crippen LogP contribution in [0.15, 0.2) is 12.1 Å². The first-order valence-corrected chi connectivity index (χ1v) is 9.00. The number of hydrogen-bond acceptors (Lipinski definition) is 6. The van der Waals surface area contributed by atoms with Gasteiger partial charge in [-0.2, -0.15) is 0 Å². The number of phenols is 1. The first kappa shape index (κ1) is 17.8. The summed E-state index contributed by atoms with van der Waals surface area (Å²) >= 11 is 0. The van der Waals surface area contributed by atoms with Crippen LogP contribution in [0.1, 0.15) is 22.7 Å². The van der Waals surface area contributed by atoms with Crippen molar-refractivity contribution < 1.29 is 24.1 Å².